The Balaban J connectivity index is 1.37. The van der Waals surface area contributed by atoms with E-state index in [4.69, 9.17) is 23.6 Å². The van der Waals surface area contributed by atoms with E-state index in [1.807, 2.05) is 6.20 Å². The van der Waals surface area contributed by atoms with Crippen molar-refractivity contribution in [3.05, 3.63) is 65.5 Å². The van der Waals surface area contributed by atoms with Gasteiger partial charge in [-0.3, -0.25) is 19.6 Å². The van der Waals surface area contributed by atoms with Crippen molar-refractivity contribution < 1.29 is 33.0 Å². The normalized spacial score (nSPS) is 22.3. The second-order valence-electron chi connectivity index (χ2n) is 23.4. The molecule has 4 aromatic rings. The number of aromatic nitrogens is 2. The number of carbonyl (C=O) groups is 3. The van der Waals surface area contributed by atoms with Gasteiger partial charge in [0.2, 0.25) is 0 Å². The minimum Gasteiger partial charge on any atom is -0.543 e. The Bertz CT molecular complexity index is 2590. The number of fused-ring (bicyclic) bond motifs is 8. The summed E-state index contributed by atoms with van der Waals surface area (Å²) in [6, 6.07) is 13.6. The van der Waals surface area contributed by atoms with Crippen LogP contribution in [0.25, 0.3) is 33.3 Å². The van der Waals surface area contributed by atoms with Crippen LogP contribution in [-0.2, 0) is 43.2 Å². The maximum atomic E-state index is 14.9. The van der Waals surface area contributed by atoms with Crippen molar-refractivity contribution in [2.24, 2.45) is 17.3 Å². The maximum Gasteiger partial charge on any atom is 0.408 e. The summed E-state index contributed by atoms with van der Waals surface area (Å²) in [4.78, 5) is 50.5. The molecule has 2 amide bonds. The number of nitrogens with one attached hydrogen (secondary N) is 3. The van der Waals surface area contributed by atoms with E-state index < -0.39 is 37.5 Å². The first kappa shape index (κ1) is 52.4. The average Bonchev–Trinajstić information content (AvgIpc) is 4.05. The fourth-order valence-electron chi connectivity index (χ4n) is 11.9. The molecule has 2 unspecified atom stereocenters. The minimum atomic E-state index is -2.48. The molecule has 2 saturated heterocycles. The van der Waals surface area contributed by atoms with Crippen LogP contribution < -0.4 is 25.4 Å². The van der Waals surface area contributed by atoms with Gasteiger partial charge in [-0.25, -0.2) is 10.2 Å². The summed E-state index contributed by atoms with van der Waals surface area (Å²) in [7, 11) is -0.745. The standard InChI is InChI=1S/C56H81N7O7Si/c1-15-62-48-17-16-38-26-44(48)46(51(62)45-28-41(61-20-18-57-19-21-61)30-58-49(45)36(8)67-14)29-56(12,13)32-68-53(65)50-43-27-40(43)31-63(60-50)52(64)47(59-54(66)69-55(9,10)11)24-37-22-39(38)25-42(23-37)70-71(33(2)3,34(4)5)35(6)7/h16-17,22-23,25-26,28,30,33-36,40,43,47,50,57,60H,15,18-21,24,27,29,31-32H2,1-14H3,(H,59,66)/t36-,40?,43?,47-,50-/m0/s1. The van der Waals surface area contributed by atoms with Crippen molar-refractivity contribution in [3.8, 4) is 28.1 Å². The van der Waals surface area contributed by atoms with Gasteiger partial charge in [0, 0.05) is 74.7 Å². The van der Waals surface area contributed by atoms with Crippen LogP contribution in [0, 0.1) is 17.3 Å². The molecule has 2 aromatic carbocycles. The highest BCUT2D eigenvalue weighted by Gasteiger charge is 2.53. The number of benzene rings is 2. The number of nitrogens with zero attached hydrogens (tertiary/aromatic N) is 4. The van der Waals surface area contributed by atoms with Crippen LogP contribution in [0.4, 0.5) is 10.5 Å². The topological polar surface area (TPSA) is 149 Å². The van der Waals surface area contributed by atoms with Gasteiger partial charge >= 0.3 is 12.1 Å². The van der Waals surface area contributed by atoms with Gasteiger partial charge in [0.1, 0.15) is 23.4 Å². The molecule has 3 fully saturated rings. The fraction of sp³-hybridized carbons (Fsp3) is 0.607. The summed E-state index contributed by atoms with van der Waals surface area (Å²) in [6.07, 6.45) is 2.55. The summed E-state index contributed by atoms with van der Waals surface area (Å²) < 4.78 is 28.0. The lowest BCUT2D eigenvalue weighted by molar-refractivity contribution is -0.155. The van der Waals surface area contributed by atoms with Crippen molar-refractivity contribution in [1.29, 1.82) is 0 Å². The van der Waals surface area contributed by atoms with Gasteiger partial charge < -0.3 is 38.7 Å². The van der Waals surface area contributed by atoms with Gasteiger partial charge in [-0.15, -0.1) is 0 Å². The van der Waals surface area contributed by atoms with E-state index in [9.17, 15) is 14.4 Å². The quantitative estimate of drug-likeness (QED) is 0.0974. The van der Waals surface area contributed by atoms with Gasteiger partial charge in [-0.2, -0.15) is 0 Å². The number of piperazine rings is 1. The molecule has 14 nitrogen and oxygen atoms in total. The first-order chi connectivity index (χ1) is 33.5. The Hall–Kier alpha value is -4.96. The van der Waals surface area contributed by atoms with Crippen LogP contribution in [-0.4, -0.2) is 105 Å². The highest BCUT2D eigenvalue weighted by molar-refractivity contribution is 6.78. The largest absolute Gasteiger partial charge is 0.543 e. The van der Waals surface area contributed by atoms with Crippen LogP contribution in [0.5, 0.6) is 5.75 Å². The van der Waals surface area contributed by atoms with E-state index in [0.717, 1.165) is 94.1 Å². The van der Waals surface area contributed by atoms with Crippen molar-refractivity contribution >= 4 is 42.9 Å². The van der Waals surface area contributed by atoms with Gasteiger partial charge in [0.15, 0.2) is 0 Å². The smallest absolute Gasteiger partial charge is 0.408 e. The number of aryl methyl sites for hydroxylation is 1. The summed E-state index contributed by atoms with van der Waals surface area (Å²) in [6.45, 7) is 32.5. The van der Waals surface area contributed by atoms with E-state index in [1.165, 1.54) is 5.01 Å². The van der Waals surface area contributed by atoms with Crippen molar-refractivity contribution in [2.45, 2.75) is 156 Å². The van der Waals surface area contributed by atoms with Crippen molar-refractivity contribution in [2.75, 3.05) is 51.3 Å². The number of ether oxygens (including phenoxy) is 3. The molecule has 0 radical (unpaired) electrons. The molecule has 5 atom stereocenters. The molecule has 5 heterocycles. The van der Waals surface area contributed by atoms with E-state index >= 15 is 0 Å². The van der Waals surface area contributed by atoms with Gasteiger partial charge in [0.25, 0.3) is 14.2 Å². The SMILES string of the molecule is CCn1c(-c2cc(N3CCNCC3)cnc2[C@H](C)OC)c2c3cc(ccc31)-c1cc(cc(O[Si](C(C)C)(C(C)C)C(C)C)c1)C[C@H](NC(=O)OC(C)(C)C)C(=O)N1CC3CC3[C@H](N1)C(=O)OCC(C)(C)C2. The van der Waals surface area contributed by atoms with Crippen LogP contribution in [0.1, 0.15) is 119 Å². The van der Waals surface area contributed by atoms with Crippen LogP contribution in [0.15, 0.2) is 48.7 Å². The fourth-order valence-corrected chi connectivity index (χ4v) is 17.2. The molecule has 4 aliphatic rings. The maximum absolute atomic E-state index is 14.9. The first-order valence-electron chi connectivity index (χ1n) is 26.2. The molecule has 3 aliphatic heterocycles. The van der Waals surface area contributed by atoms with E-state index in [-0.39, 0.29) is 42.8 Å². The number of cyclic esters (lactones) is 1. The van der Waals surface area contributed by atoms with E-state index in [1.54, 1.807) is 27.9 Å². The highest BCUT2D eigenvalue weighted by atomic mass is 28.4. The highest BCUT2D eigenvalue weighted by Crippen LogP contribution is 2.47. The third-order valence-electron chi connectivity index (χ3n) is 15.5. The number of hydrazine groups is 1. The van der Waals surface area contributed by atoms with Gasteiger partial charge in [0.05, 0.1) is 36.0 Å². The number of carbonyl (C=O) groups excluding carboxylic acids is 3. The predicted molar refractivity (Wildman–Crippen MR) is 284 cm³/mol. The minimum absolute atomic E-state index is 0.0467. The first-order valence-corrected chi connectivity index (χ1v) is 28.4. The Morgan fingerprint density at radius 2 is 1.68 bits per heavy atom. The number of methoxy groups -OCH3 is 1. The number of anilines is 1. The molecule has 1 aliphatic carbocycles. The molecule has 8 rings (SSSR count). The number of hydrogen-bond donors (Lipinski definition) is 3. The molecule has 0 spiro atoms. The Labute approximate surface area is 423 Å². The van der Waals surface area contributed by atoms with Crippen LogP contribution in [0.3, 0.4) is 0 Å². The number of hydrogen-bond acceptors (Lipinski definition) is 11. The monoisotopic (exact) mass is 992 g/mol. The molecular weight excluding hydrogens is 911 g/mol. The van der Waals surface area contributed by atoms with E-state index in [0.29, 0.717) is 36.1 Å². The Morgan fingerprint density at radius 3 is 2.32 bits per heavy atom. The number of alkyl carbamates (subject to hydrolysis) is 1. The second-order valence-corrected chi connectivity index (χ2v) is 28.8. The lowest BCUT2D eigenvalue weighted by Gasteiger charge is -2.42. The molecule has 6 bridgehead atoms. The number of rotatable bonds is 11. The van der Waals surface area contributed by atoms with Crippen molar-refractivity contribution in [1.82, 2.24) is 30.6 Å². The summed E-state index contributed by atoms with van der Waals surface area (Å²) in [5.74, 6) is 0.199. The zero-order valence-electron chi connectivity index (χ0n) is 45.0. The third-order valence-corrected chi connectivity index (χ3v) is 21.5. The zero-order valence-corrected chi connectivity index (χ0v) is 46.0. The molecule has 15 heteroatoms. The van der Waals surface area contributed by atoms with E-state index in [2.05, 4.69) is 137 Å². The van der Waals surface area contributed by atoms with Crippen molar-refractivity contribution in [3.63, 3.8) is 0 Å². The Morgan fingerprint density at radius 1 is 0.972 bits per heavy atom. The molecule has 1 saturated carbocycles. The third kappa shape index (κ3) is 10.9. The number of esters is 1. The lowest BCUT2D eigenvalue weighted by atomic mass is 9.84. The lowest BCUT2D eigenvalue weighted by Crippen LogP contribution is -2.61. The van der Waals surface area contributed by atoms with Gasteiger partial charge in [-0.05, 0) is 129 Å². The van der Waals surface area contributed by atoms with Gasteiger partial charge in [-0.1, -0.05) is 67.5 Å². The average molecular weight is 992 g/mol. The molecule has 71 heavy (non-hydrogen) atoms. The molecule has 2 aromatic heterocycles. The predicted octanol–water partition coefficient (Wildman–Crippen LogP) is 9.97. The summed E-state index contributed by atoms with van der Waals surface area (Å²) >= 11 is 0. The zero-order chi connectivity index (χ0) is 51.3. The van der Waals surface area contributed by atoms with Crippen LogP contribution in [0.2, 0.25) is 16.6 Å². The molecule has 386 valence electrons. The number of amides is 2. The number of pyridine rings is 1. The molecular formula is C56H81N7O7Si. The second kappa shape index (κ2) is 20.5. The summed E-state index contributed by atoms with van der Waals surface area (Å²) in [5.41, 5.74) is 11.9. The van der Waals surface area contributed by atoms with Crippen LogP contribution >= 0.6 is 0 Å². The molecule has 3 N–H and O–H groups in total. The Kier molecular flexibility index (Phi) is 15.1. The summed E-state index contributed by atoms with van der Waals surface area (Å²) in [5, 5.41) is 9.08.